The van der Waals surface area contributed by atoms with E-state index in [0.717, 1.165) is 6.42 Å². The smallest absolute Gasteiger partial charge is 0.139 e. The normalized spacial score (nSPS) is 34.6. The maximum absolute atomic E-state index is 8.11. The van der Waals surface area contributed by atoms with Crippen molar-refractivity contribution in [1.29, 1.82) is 0 Å². The highest BCUT2D eigenvalue weighted by atomic mass is 16.6. The molecule has 0 aromatic heterocycles. The molecule has 0 N–H and O–H groups in total. The molecule has 3 atom stereocenters. The third kappa shape index (κ3) is 2.14. The second kappa shape index (κ2) is 4.35. The molecule has 0 bridgehead atoms. The Morgan fingerprint density at radius 3 is 3.17 bits per heavy atom. The van der Waals surface area contributed by atoms with Gasteiger partial charge in [0.15, 0.2) is 0 Å². The third-order valence-corrected chi connectivity index (χ3v) is 2.01. The van der Waals surface area contributed by atoms with Crippen LogP contribution in [0.25, 0.3) is 10.4 Å². The quantitative estimate of drug-likeness (QED) is 0.259. The van der Waals surface area contributed by atoms with Crippen molar-refractivity contribution in [2.24, 2.45) is 5.11 Å². The Labute approximate surface area is 72.1 Å². The minimum Gasteiger partial charge on any atom is -0.381 e. The summed E-state index contributed by atoms with van der Waals surface area (Å²) < 4.78 is 10.7. The van der Waals surface area contributed by atoms with Crippen LogP contribution < -0.4 is 0 Å². The van der Waals surface area contributed by atoms with E-state index in [1.54, 1.807) is 7.11 Å². The van der Waals surface area contributed by atoms with Gasteiger partial charge in [0.05, 0.1) is 18.8 Å². The molecule has 1 fully saturated rings. The van der Waals surface area contributed by atoms with Crippen LogP contribution >= 0.6 is 0 Å². The zero-order valence-electron chi connectivity index (χ0n) is 7.30. The summed E-state index contributed by atoms with van der Waals surface area (Å²) in [4.78, 5) is 2.68. The van der Waals surface area contributed by atoms with E-state index in [2.05, 4.69) is 10.0 Å². The Morgan fingerprint density at radius 1 is 1.83 bits per heavy atom. The van der Waals surface area contributed by atoms with Crippen LogP contribution in [0.1, 0.15) is 6.42 Å². The van der Waals surface area contributed by atoms with Gasteiger partial charge in [0.25, 0.3) is 0 Å². The first-order chi connectivity index (χ1) is 5.77. The summed E-state index contributed by atoms with van der Waals surface area (Å²) in [6.07, 6.45) is 0.883. The van der Waals surface area contributed by atoms with Crippen LogP contribution in [0.2, 0.25) is 0 Å². The summed E-state index contributed by atoms with van der Waals surface area (Å²) in [5.74, 6) is 0. The lowest BCUT2D eigenvalue weighted by Crippen LogP contribution is -2.25. The van der Waals surface area contributed by atoms with Crippen LogP contribution in [-0.2, 0) is 9.47 Å². The van der Waals surface area contributed by atoms with Gasteiger partial charge in [-0.3, -0.25) is 0 Å². The summed E-state index contributed by atoms with van der Waals surface area (Å²) in [6.45, 7) is 0.360. The Kier molecular flexibility index (Phi) is 3.40. The van der Waals surface area contributed by atoms with Crippen LogP contribution in [0, 0.1) is 0 Å². The number of hydrogen-bond donors (Lipinski definition) is 0. The minimum atomic E-state index is -0.0686. The SMILES string of the molecule is B[C@H]1C[C@@H](OC)[C@@H](CN=[N+]=[N-])O1. The summed E-state index contributed by atoms with van der Waals surface area (Å²) in [6, 6.07) is 0.203. The molecule has 5 nitrogen and oxygen atoms in total. The van der Waals surface area contributed by atoms with Crippen LogP contribution in [0.15, 0.2) is 5.11 Å². The van der Waals surface area contributed by atoms with Crippen LogP contribution in [0.4, 0.5) is 0 Å². The molecule has 12 heavy (non-hydrogen) atoms. The second-order valence-electron chi connectivity index (χ2n) is 2.91. The maximum atomic E-state index is 8.11. The van der Waals surface area contributed by atoms with Crippen molar-refractivity contribution in [3.05, 3.63) is 10.4 Å². The monoisotopic (exact) mass is 169 g/mol. The van der Waals surface area contributed by atoms with Gasteiger partial charge >= 0.3 is 0 Å². The van der Waals surface area contributed by atoms with Gasteiger partial charge in [-0.15, -0.1) is 0 Å². The molecule has 0 radical (unpaired) electrons. The highest BCUT2D eigenvalue weighted by Crippen LogP contribution is 2.20. The van der Waals surface area contributed by atoms with Gasteiger partial charge in [-0.05, 0) is 12.0 Å². The average molecular weight is 169 g/mol. The van der Waals surface area contributed by atoms with E-state index in [1.807, 2.05) is 7.85 Å². The molecular weight excluding hydrogens is 157 g/mol. The molecule has 0 saturated carbocycles. The largest absolute Gasteiger partial charge is 0.381 e. The Balaban J connectivity index is 2.45. The van der Waals surface area contributed by atoms with E-state index < -0.39 is 0 Å². The molecule has 0 aliphatic carbocycles. The number of rotatable bonds is 3. The second-order valence-corrected chi connectivity index (χ2v) is 2.91. The molecule has 0 amide bonds. The van der Waals surface area contributed by atoms with E-state index in [4.69, 9.17) is 15.0 Å². The molecule has 1 saturated heterocycles. The first-order valence-corrected chi connectivity index (χ1v) is 3.97. The molecule has 1 aliphatic rings. The molecule has 1 rings (SSSR count). The number of hydrogen-bond acceptors (Lipinski definition) is 3. The van der Waals surface area contributed by atoms with Crippen molar-refractivity contribution in [2.75, 3.05) is 13.7 Å². The summed E-state index contributed by atoms with van der Waals surface area (Å²) in [5, 5.41) is 3.46. The fourth-order valence-corrected chi connectivity index (χ4v) is 1.45. The van der Waals surface area contributed by atoms with E-state index in [0.29, 0.717) is 6.54 Å². The molecule has 6 heteroatoms. The minimum absolute atomic E-state index is 0.0686. The standard InChI is InChI=1S/C6H12BN3O2/c1-11-4-2-6(7)12-5(4)3-9-10-8/h4-6H,2-3,7H2,1H3/t4-,5-,6-/m1/s1. The zero-order valence-corrected chi connectivity index (χ0v) is 7.30. The van der Waals surface area contributed by atoms with Gasteiger partial charge in [-0.25, -0.2) is 0 Å². The van der Waals surface area contributed by atoms with Crippen molar-refractivity contribution in [3.63, 3.8) is 0 Å². The van der Waals surface area contributed by atoms with E-state index in [9.17, 15) is 0 Å². The first-order valence-electron chi connectivity index (χ1n) is 3.97. The Hall–Kier alpha value is -0.705. The molecule has 0 aromatic carbocycles. The van der Waals surface area contributed by atoms with E-state index >= 15 is 0 Å². The van der Waals surface area contributed by atoms with Gasteiger partial charge < -0.3 is 9.47 Å². The van der Waals surface area contributed by atoms with Gasteiger partial charge in [-0.1, -0.05) is 5.11 Å². The summed E-state index contributed by atoms with van der Waals surface area (Å²) in [7, 11) is 3.64. The van der Waals surface area contributed by atoms with E-state index in [1.165, 1.54) is 0 Å². The van der Waals surface area contributed by atoms with Crippen molar-refractivity contribution in [3.8, 4) is 0 Å². The predicted octanol–water partition coefficient (Wildman–Crippen LogP) is 0.0598. The third-order valence-electron chi connectivity index (χ3n) is 2.01. The lowest BCUT2D eigenvalue weighted by atomic mass is 9.96. The van der Waals surface area contributed by atoms with Crippen molar-refractivity contribution in [2.45, 2.75) is 24.6 Å². The van der Waals surface area contributed by atoms with Crippen molar-refractivity contribution >= 4 is 7.85 Å². The van der Waals surface area contributed by atoms with Crippen molar-refractivity contribution in [1.82, 2.24) is 0 Å². The lowest BCUT2D eigenvalue weighted by Gasteiger charge is -2.13. The predicted molar refractivity (Wildman–Crippen MR) is 46.6 cm³/mol. The lowest BCUT2D eigenvalue weighted by molar-refractivity contribution is 0.0155. The van der Waals surface area contributed by atoms with E-state index in [-0.39, 0.29) is 18.2 Å². The van der Waals surface area contributed by atoms with Gasteiger partial charge in [0.1, 0.15) is 7.85 Å². The number of methoxy groups -OCH3 is 1. The van der Waals surface area contributed by atoms with Gasteiger partial charge in [-0.2, -0.15) is 0 Å². The highest BCUT2D eigenvalue weighted by Gasteiger charge is 2.31. The Morgan fingerprint density at radius 2 is 2.58 bits per heavy atom. The average Bonchev–Trinajstić information content (AvgIpc) is 2.42. The number of azide groups is 1. The summed E-state index contributed by atoms with van der Waals surface area (Å²) in [5.41, 5.74) is 8.11. The molecule has 0 spiro atoms. The zero-order chi connectivity index (χ0) is 8.97. The molecule has 1 aliphatic heterocycles. The van der Waals surface area contributed by atoms with Gasteiger partial charge in [0.2, 0.25) is 0 Å². The molecule has 1 heterocycles. The Bertz CT molecular complexity index is 195. The topological polar surface area (TPSA) is 67.2 Å². The number of nitrogens with zero attached hydrogens (tertiary/aromatic N) is 3. The summed E-state index contributed by atoms with van der Waals surface area (Å²) >= 11 is 0. The fraction of sp³-hybridized carbons (Fsp3) is 1.00. The van der Waals surface area contributed by atoms with Crippen LogP contribution in [-0.4, -0.2) is 39.7 Å². The molecule has 0 aromatic rings. The first kappa shape index (κ1) is 9.38. The number of ether oxygens (including phenoxy) is 2. The van der Waals surface area contributed by atoms with Crippen LogP contribution in [0.5, 0.6) is 0 Å². The van der Waals surface area contributed by atoms with Gasteiger partial charge in [0, 0.05) is 18.0 Å². The molecule has 0 unspecified atom stereocenters. The highest BCUT2D eigenvalue weighted by molar-refractivity contribution is 6.11. The fourth-order valence-electron chi connectivity index (χ4n) is 1.45. The molecular formula is C6H12BN3O2. The van der Waals surface area contributed by atoms with Crippen LogP contribution in [0.3, 0.4) is 0 Å². The maximum Gasteiger partial charge on any atom is 0.139 e. The molecule has 66 valence electrons. The van der Waals surface area contributed by atoms with Crippen molar-refractivity contribution < 1.29 is 9.47 Å².